The third-order valence-corrected chi connectivity index (χ3v) is 5.16. The average molecular weight is 390 g/mol. The van der Waals surface area contributed by atoms with Gasteiger partial charge in [0, 0.05) is 63.3 Å². The lowest BCUT2D eigenvalue weighted by Gasteiger charge is -2.36. The third-order valence-electron chi connectivity index (χ3n) is 5.16. The monoisotopic (exact) mass is 390 g/mol. The van der Waals surface area contributed by atoms with Gasteiger partial charge in [0.05, 0.1) is 11.8 Å². The molecule has 0 saturated heterocycles. The quantitative estimate of drug-likeness (QED) is 0.680. The molecule has 3 heterocycles. The lowest BCUT2D eigenvalue weighted by Crippen LogP contribution is -2.47. The number of carbonyl (C=O) groups is 2. The Balaban J connectivity index is 1.65. The molecule has 1 aliphatic rings. The number of rotatable bonds is 3. The molecule has 0 bridgehead atoms. The summed E-state index contributed by atoms with van der Waals surface area (Å²) in [6.07, 6.45) is 5.36. The van der Waals surface area contributed by atoms with Crippen molar-refractivity contribution in [3.63, 3.8) is 0 Å². The second-order valence-corrected chi connectivity index (χ2v) is 7.22. The van der Waals surface area contributed by atoms with Crippen molar-refractivity contribution in [1.82, 2.24) is 29.5 Å². The Bertz CT molecular complexity index is 1040. The van der Waals surface area contributed by atoms with E-state index in [1.807, 2.05) is 37.4 Å². The maximum Gasteiger partial charge on any atom is 0.257 e. The molecule has 0 saturated carbocycles. The summed E-state index contributed by atoms with van der Waals surface area (Å²) >= 11 is 0. The summed E-state index contributed by atoms with van der Waals surface area (Å²) in [5, 5.41) is 4.29. The number of aromatic nitrogens is 4. The van der Waals surface area contributed by atoms with Crippen molar-refractivity contribution in [3.05, 3.63) is 65.7 Å². The van der Waals surface area contributed by atoms with E-state index in [2.05, 4.69) is 15.1 Å². The number of benzene rings is 1. The molecule has 3 aromatic rings. The average Bonchev–Trinajstić information content (AvgIpc) is 3.13. The first-order valence-electron chi connectivity index (χ1n) is 9.37. The predicted molar refractivity (Wildman–Crippen MR) is 107 cm³/mol. The summed E-state index contributed by atoms with van der Waals surface area (Å²) in [6, 6.07) is 8.87. The molecule has 0 fully saturated rings. The van der Waals surface area contributed by atoms with E-state index < -0.39 is 6.04 Å². The highest BCUT2D eigenvalue weighted by Crippen LogP contribution is 2.32. The Hall–Kier alpha value is -3.55. The van der Waals surface area contributed by atoms with Crippen LogP contribution in [0.1, 0.15) is 27.7 Å². The molecule has 1 aliphatic heterocycles. The van der Waals surface area contributed by atoms with Gasteiger partial charge >= 0.3 is 0 Å². The maximum absolute atomic E-state index is 13.2. The summed E-state index contributed by atoms with van der Waals surface area (Å²) in [6.45, 7) is 0.427. The van der Waals surface area contributed by atoms with E-state index in [1.54, 1.807) is 29.9 Å². The molecular formula is C21H22N6O2. The fourth-order valence-corrected chi connectivity index (χ4v) is 3.61. The van der Waals surface area contributed by atoms with Crippen LogP contribution in [0, 0.1) is 0 Å². The fraction of sp³-hybridized carbons (Fsp3) is 0.286. The van der Waals surface area contributed by atoms with E-state index in [1.165, 1.54) is 17.3 Å². The third kappa shape index (κ3) is 3.37. The van der Waals surface area contributed by atoms with Gasteiger partial charge in [0.1, 0.15) is 6.04 Å². The Kier molecular flexibility index (Phi) is 4.84. The Labute approximate surface area is 168 Å². The van der Waals surface area contributed by atoms with Crippen molar-refractivity contribution in [2.24, 2.45) is 7.05 Å². The largest absolute Gasteiger partial charge is 0.347 e. The molecule has 29 heavy (non-hydrogen) atoms. The Morgan fingerprint density at radius 1 is 1.07 bits per heavy atom. The molecule has 0 aliphatic carbocycles. The standard InChI is InChI=1S/C21H22N6O2/c1-25(2)21(29)18-16-13-24-26(3)17(16)9-10-27(18)20(28)15-11-22-19(23-12-15)14-7-5-4-6-8-14/h4-8,11-13,18H,9-10H2,1-3H3. The first kappa shape index (κ1) is 18.8. The number of carbonyl (C=O) groups excluding carboxylic acids is 2. The van der Waals surface area contributed by atoms with Crippen LogP contribution >= 0.6 is 0 Å². The number of nitrogens with zero attached hydrogens (tertiary/aromatic N) is 6. The number of hydrogen-bond acceptors (Lipinski definition) is 5. The normalized spacial score (nSPS) is 15.7. The van der Waals surface area contributed by atoms with Gasteiger partial charge in [-0.15, -0.1) is 0 Å². The number of amides is 2. The Morgan fingerprint density at radius 2 is 1.76 bits per heavy atom. The van der Waals surface area contributed by atoms with Gasteiger partial charge in [0.2, 0.25) is 5.91 Å². The molecule has 1 aromatic carbocycles. The van der Waals surface area contributed by atoms with Gasteiger partial charge in [-0.05, 0) is 0 Å². The lowest BCUT2D eigenvalue weighted by molar-refractivity contribution is -0.134. The molecule has 148 valence electrons. The second-order valence-electron chi connectivity index (χ2n) is 7.22. The van der Waals surface area contributed by atoms with Gasteiger partial charge in [-0.1, -0.05) is 30.3 Å². The van der Waals surface area contributed by atoms with Crippen LogP contribution in [0.2, 0.25) is 0 Å². The van der Waals surface area contributed by atoms with E-state index >= 15 is 0 Å². The zero-order chi connectivity index (χ0) is 20.5. The smallest absolute Gasteiger partial charge is 0.257 e. The molecule has 1 atom stereocenters. The van der Waals surface area contributed by atoms with Gasteiger partial charge in [-0.25, -0.2) is 9.97 Å². The first-order chi connectivity index (χ1) is 14.0. The number of aryl methyl sites for hydroxylation is 1. The van der Waals surface area contributed by atoms with Crippen molar-refractivity contribution < 1.29 is 9.59 Å². The molecule has 8 heteroatoms. The molecule has 0 radical (unpaired) electrons. The van der Waals surface area contributed by atoms with Crippen LogP contribution in [-0.2, 0) is 18.3 Å². The molecule has 0 spiro atoms. The van der Waals surface area contributed by atoms with E-state index in [9.17, 15) is 9.59 Å². The molecule has 1 unspecified atom stereocenters. The zero-order valence-corrected chi connectivity index (χ0v) is 16.6. The molecule has 2 amide bonds. The highest BCUT2D eigenvalue weighted by Gasteiger charge is 2.39. The van der Waals surface area contributed by atoms with Gasteiger partial charge in [0.15, 0.2) is 5.82 Å². The van der Waals surface area contributed by atoms with E-state index in [0.29, 0.717) is 24.4 Å². The van der Waals surface area contributed by atoms with Gasteiger partial charge in [-0.2, -0.15) is 5.10 Å². The van der Waals surface area contributed by atoms with Crippen LogP contribution in [0.5, 0.6) is 0 Å². The first-order valence-corrected chi connectivity index (χ1v) is 9.37. The van der Waals surface area contributed by atoms with Gasteiger partial charge < -0.3 is 9.80 Å². The predicted octanol–water partition coefficient (Wildman–Crippen LogP) is 1.70. The van der Waals surface area contributed by atoms with Gasteiger partial charge in [-0.3, -0.25) is 14.3 Å². The maximum atomic E-state index is 13.2. The van der Waals surface area contributed by atoms with E-state index in [0.717, 1.165) is 16.8 Å². The van der Waals surface area contributed by atoms with E-state index in [4.69, 9.17) is 0 Å². The lowest BCUT2D eigenvalue weighted by atomic mass is 9.97. The molecular weight excluding hydrogens is 368 g/mol. The SMILES string of the molecule is CN(C)C(=O)C1c2cnn(C)c2CCN1C(=O)c1cnc(-c2ccccc2)nc1. The summed E-state index contributed by atoms with van der Waals surface area (Å²) in [4.78, 5) is 38.0. The topological polar surface area (TPSA) is 84.2 Å². The number of likely N-dealkylation sites (N-methyl/N-ethyl adjacent to an activating group) is 1. The summed E-state index contributed by atoms with van der Waals surface area (Å²) in [7, 11) is 5.23. The van der Waals surface area contributed by atoms with Crippen LogP contribution in [0.25, 0.3) is 11.4 Å². The van der Waals surface area contributed by atoms with Crippen molar-refractivity contribution in [2.75, 3.05) is 20.6 Å². The van der Waals surface area contributed by atoms with Crippen molar-refractivity contribution in [1.29, 1.82) is 0 Å². The van der Waals surface area contributed by atoms with Crippen molar-refractivity contribution in [3.8, 4) is 11.4 Å². The highest BCUT2D eigenvalue weighted by molar-refractivity contribution is 5.98. The minimum atomic E-state index is -0.705. The molecule has 0 N–H and O–H groups in total. The highest BCUT2D eigenvalue weighted by atomic mass is 16.2. The van der Waals surface area contributed by atoms with E-state index in [-0.39, 0.29) is 11.8 Å². The number of hydrogen-bond donors (Lipinski definition) is 0. The summed E-state index contributed by atoms with van der Waals surface area (Å²) in [5.74, 6) is 0.129. The fourth-order valence-electron chi connectivity index (χ4n) is 3.61. The van der Waals surface area contributed by atoms with Crippen molar-refractivity contribution >= 4 is 11.8 Å². The Morgan fingerprint density at radius 3 is 2.41 bits per heavy atom. The van der Waals surface area contributed by atoms with Crippen LogP contribution in [0.3, 0.4) is 0 Å². The van der Waals surface area contributed by atoms with Crippen LogP contribution in [0.15, 0.2) is 48.9 Å². The van der Waals surface area contributed by atoms with Gasteiger partial charge in [0.25, 0.3) is 5.91 Å². The van der Waals surface area contributed by atoms with Crippen molar-refractivity contribution in [2.45, 2.75) is 12.5 Å². The minimum absolute atomic E-state index is 0.158. The van der Waals surface area contributed by atoms with Crippen LogP contribution in [-0.4, -0.2) is 62.0 Å². The molecule has 4 rings (SSSR count). The number of fused-ring (bicyclic) bond motifs is 1. The van der Waals surface area contributed by atoms with Crippen LogP contribution in [0.4, 0.5) is 0 Å². The van der Waals surface area contributed by atoms with Crippen LogP contribution < -0.4 is 0 Å². The second kappa shape index (κ2) is 7.46. The summed E-state index contributed by atoms with van der Waals surface area (Å²) in [5.41, 5.74) is 2.98. The zero-order valence-electron chi connectivity index (χ0n) is 16.6. The molecule has 2 aromatic heterocycles. The minimum Gasteiger partial charge on any atom is -0.347 e. The summed E-state index contributed by atoms with van der Waals surface area (Å²) < 4.78 is 1.77. The molecule has 8 nitrogen and oxygen atoms in total.